The van der Waals surface area contributed by atoms with E-state index in [0.717, 1.165) is 107 Å². The molecule has 0 radical (unpaired) electrons. The van der Waals surface area contributed by atoms with E-state index in [9.17, 15) is 53.0 Å². The fourth-order valence-electron chi connectivity index (χ4n) is 10.3. The summed E-state index contributed by atoms with van der Waals surface area (Å²) in [5.41, 5.74) is 11.3. The minimum Gasteiger partial charge on any atom is -0.456 e. The maximum Gasteiger partial charge on any atom is 0.488 e. The van der Waals surface area contributed by atoms with Crippen molar-refractivity contribution in [2.45, 2.75) is 76.9 Å². The average molecular weight is 1170 g/mol. The first-order valence-electron chi connectivity index (χ1n) is 25.3. The van der Waals surface area contributed by atoms with Gasteiger partial charge in [0.05, 0.1) is 19.0 Å². The second kappa shape index (κ2) is 23.6. The Kier molecular flexibility index (Phi) is 17.3. The van der Waals surface area contributed by atoms with Crippen LogP contribution in [-0.4, -0.2) is 145 Å². The van der Waals surface area contributed by atoms with Crippen molar-refractivity contribution in [2.75, 3.05) is 70.1 Å². The van der Waals surface area contributed by atoms with Crippen LogP contribution >= 0.6 is 22.4 Å². The van der Waals surface area contributed by atoms with Crippen molar-refractivity contribution in [3.8, 4) is 11.5 Å². The number of amides is 3. The van der Waals surface area contributed by atoms with E-state index in [4.69, 9.17) is 24.5 Å². The lowest BCUT2D eigenvalue weighted by Gasteiger charge is -2.33. The third-order valence-electron chi connectivity index (χ3n) is 13.8. The number of nitrogens with two attached hydrogens (primary N) is 1. The number of aliphatic hydroxyl groups excluding tert-OH is 1. The molecule has 9 rings (SSSR count). The number of aromatic nitrogens is 4. The number of carbonyl (C=O) groups is 3. The number of fused-ring (bicyclic) bond motifs is 5. The Labute approximate surface area is 456 Å². The first-order chi connectivity index (χ1) is 37.5. The molecule has 79 heavy (non-hydrogen) atoms. The molecule has 10 N–H and O–H groups in total. The van der Waals surface area contributed by atoms with E-state index in [1.54, 1.807) is 11.9 Å². The molecule has 5 aromatic rings. The molecule has 1 saturated heterocycles. The van der Waals surface area contributed by atoms with Gasteiger partial charge in [-0.05, 0) is 80.7 Å². The number of anilines is 2. The number of rotatable bonds is 20. The van der Waals surface area contributed by atoms with Crippen molar-refractivity contribution in [1.82, 2.24) is 39.6 Å². The molecule has 2 aromatic heterocycles. The monoisotopic (exact) mass is 1170 g/mol. The predicted molar refractivity (Wildman–Crippen MR) is 288 cm³/mol. The number of phosphoric acid groups is 2. The highest BCUT2D eigenvalue weighted by Crippen LogP contribution is 2.66. The molecule has 3 aromatic carbocycles. The number of ether oxygens (including phenoxy) is 3. The fourth-order valence-corrected chi connectivity index (χ4v) is 14.1. The third-order valence-corrected chi connectivity index (χ3v) is 18.2. The molecule has 31 heteroatoms. The van der Waals surface area contributed by atoms with Crippen molar-refractivity contribution in [1.29, 1.82) is 0 Å². The van der Waals surface area contributed by atoms with Crippen molar-refractivity contribution >= 4 is 80.5 Å². The van der Waals surface area contributed by atoms with Gasteiger partial charge >= 0.3 is 28.5 Å². The fraction of sp³-hybridized carbons (Fsp3) is 0.438. The van der Waals surface area contributed by atoms with Crippen LogP contribution in [0.1, 0.15) is 78.4 Å². The summed E-state index contributed by atoms with van der Waals surface area (Å²) in [7, 11) is -9.66. The lowest BCUT2D eigenvalue weighted by molar-refractivity contribution is -0.121. The van der Waals surface area contributed by atoms with Crippen LogP contribution in [0.5, 0.6) is 11.5 Å². The number of phosphoric ester groups is 1. The first-order valence-corrected chi connectivity index (χ1v) is 30.9. The number of aliphatic hydroxyl groups is 1. The standard InChI is InChI=1S/C48H59N10O17P3S/c1-4-56-19-8-11-27-21-31-35(23-33(27)56)71-36-24-34-28(12-9-20-57(34)5-2)22-32(36)39(31)29-13-6-7-14-30(29)45(62)55(3)18-10-15-38(59)50-16-17-51-48(63)73-42-37(25-70-76(64,65)74-77(66,67)75-78(68,69)79)72-46(41(42)60)58-26-52-40-43(58)53-47(49)54-44(40)61/h6-7,13-14,21-24,26,37,41-42,46,60H,4-5,8-12,15-20,25H2,1-3H3,(H8-,49,50,51,53,54,59,61,63,64,65,66,67,68,69,79)/p+1/t37-,41-,42-,46-/m1/s1. The number of hydrogen-bond donors (Lipinski definition) is 9. The van der Waals surface area contributed by atoms with Gasteiger partial charge < -0.3 is 65.1 Å². The number of hydrogen-bond acceptors (Lipinski definition) is 18. The lowest BCUT2D eigenvalue weighted by atomic mass is 9.86. The van der Waals surface area contributed by atoms with Gasteiger partial charge in [-0.1, -0.05) is 18.2 Å². The maximum atomic E-state index is 14.5. The van der Waals surface area contributed by atoms with Crippen LogP contribution < -0.4 is 46.7 Å². The second-order valence-electron chi connectivity index (χ2n) is 19.0. The number of nitrogens with zero attached hydrogens (tertiary/aromatic N) is 6. The molecular formula is C48H60N10O17P3S+. The van der Waals surface area contributed by atoms with Crippen LogP contribution in [0.2, 0.25) is 0 Å². The molecule has 6 heterocycles. The Morgan fingerprint density at radius 1 is 0.987 bits per heavy atom. The van der Waals surface area contributed by atoms with Crippen LogP contribution in [-0.2, 0) is 61.2 Å². The summed E-state index contributed by atoms with van der Waals surface area (Å²) in [5, 5.41) is 18.6. The number of alkyl carbamates (subject to hydrolysis) is 1. The van der Waals surface area contributed by atoms with Gasteiger partial charge in [-0.15, -0.1) is 0 Å². The Morgan fingerprint density at radius 3 is 2.51 bits per heavy atom. The number of carbonyl (C=O) groups excluding carboxylic acids is 3. The number of nitrogen functional groups attached to an aromatic ring is 1. The number of benzene rings is 3. The van der Waals surface area contributed by atoms with E-state index in [0.29, 0.717) is 12.0 Å². The summed E-state index contributed by atoms with van der Waals surface area (Å²) in [6, 6.07) is 16.3. The highest BCUT2D eigenvalue weighted by molar-refractivity contribution is 8.08. The van der Waals surface area contributed by atoms with E-state index < -0.39 is 65.2 Å². The Hall–Kier alpha value is -5.96. The van der Waals surface area contributed by atoms with Gasteiger partial charge in [0, 0.05) is 91.8 Å². The third kappa shape index (κ3) is 13.0. The summed E-state index contributed by atoms with van der Waals surface area (Å²) >= 11 is 4.10. The molecule has 0 aliphatic carbocycles. The van der Waals surface area contributed by atoms with E-state index in [1.807, 2.05) is 24.3 Å². The quantitative estimate of drug-likeness (QED) is 0.0299. The van der Waals surface area contributed by atoms with Crippen molar-refractivity contribution in [3.63, 3.8) is 0 Å². The molecule has 1 fully saturated rings. The topological polar surface area (TPSA) is 365 Å². The average Bonchev–Trinajstić information content (AvgIpc) is 4.08. The number of nitrogens with one attached hydrogen (secondary N) is 3. The van der Waals surface area contributed by atoms with Gasteiger partial charge in [-0.3, -0.25) is 28.5 Å². The Morgan fingerprint density at radius 2 is 1.75 bits per heavy atom. The summed E-state index contributed by atoms with van der Waals surface area (Å²) in [6.07, 6.45) is -2.74. The number of imidazole rings is 1. The maximum absolute atomic E-state index is 14.5. The van der Waals surface area contributed by atoms with Gasteiger partial charge in [0.1, 0.15) is 36.8 Å². The first kappa shape index (κ1) is 57.7. The highest BCUT2D eigenvalue weighted by Gasteiger charge is 2.50. The van der Waals surface area contributed by atoms with E-state index in [2.05, 4.69) is 93.6 Å². The van der Waals surface area contributed by atoms with E-state index >= 15 is 0 Å². The van der Waals surface area contributed by atoms with Crippen LogP contribution in [0.15, 0.2) is 59.7 Å². The van der Waals surface area contributed by atoms with Crippen molar-refractivity contribution in [3.05, 3.63) is 104 Å². The summed E-state index contributed by atoms with van der Waals surface area (Å²) in [5.74, 6) is 0.532. The van der Waals surface area contributed by atoms with Crippen LogP contribution in [0.25, 0.3) is 16.7 Å². The van der Waals surface area contributed by atoms with Gasteiger partial charge in [-0.25, -0.2) is 27.8 Å². The molecule has 0 bridgehead atoms. The second-order valence-corrected chi connectivity index (χ2v) is 24.9. The molecule has 0 spiro atoms. The number of aryl methyl sites for hydroxylation is 2. The lowest BCUT2D eigenvalue weighted by Crippen LogP contribution is -2.42. The van der Waals surface area contributed by atoms with Crippen LogP contribution in [0.4, 0.5) is 16.4 Å². The largest absolute Gasteiger partial charge is 0.488 e. The molecule has 6 atom stereocenters. The summed E-state index contributed by atoms with van der Waals surface area (Å²) < 4.78 is 58.9. The number of aromatic amines is 1. The van der Waals surface area contributed by atoms with E-state index in [1.165, 1.54) is 11.1 Å². The molecule has 4 aliphatic heterocycles. The minimum atomic E-state index is -5.71. The zero-order chi connectivity index (χ0) is 56.6. The van der Waals surface area contributed by atoms with Crippen molar-refractivity contribution < 1.29 is 75.5 Å². The summed E-state index contributed by atoms with van der Waals surface area (Å²) in [4.78, 5) is 106. The predicted octanol–water partition coefficient (Wildman–Crippen LogP) is 1.77. The zero-order valence-electron chi connectivity index (χ0n) is 43.1. The van der Waals surface area contributed by atoms with E-state index in [-0.39, 0.29) is 55.0 Å². The van der Waals surface area contributed by atoms with Gasteiger partial charge in [0.2, 0.25) is 17.2 Å². The molecule has 27 nitrogen and oxygen atoms in total. The minimum absolute atomic E-state index is 0.0227. The molecular weight excluding hydrogens is 1110 g/mol. The van der Waals surface area contributed by atoms with Gasteiger partial charge in [0.15, 0.2) is 23.5 Å². The zero-order valence-corrected chi connectivity index (χ0v) is 46.6. The van der Waals surface area contributed by atoms with Crippen LogP contribution in [0, 0.1) is 0 Å². The molecule has 0 saturated carbocycles. The SMILES string of the molecule is CCN1CCCc2cc3c(cc21)Oc1cc2c(cc1=C3c1ccccc1C(=O)N(C)CCCC(=O)NCCNC(=O)O[C@H]1[C@@H](O)[C@H](n3cnc4c(=O)[nH]c(N)nc43)O[C@@H]1COP(=O)(O)OP(=O)(O)OP(O)(O)=S)CCC[N+]=2CC. The molecule has 4 aliphatic rings. The van der Waals surface area contributed by atoms with Crippen molar-refractivity contribution in [2.24, 2.45) is 0 Å². The number of H-pyrrole nitrogens is 1. The normalized spacial score (nSPS) is 20.2. The highest BCUT2D eigenvalue weighted by atomic mass is 32.5. The van der Waals surface area contributed by atoms with Crippen LogP contribution in [0.3, 0.4) is 0 Å². The Balaban J connectivity index is 0.828. The molecule has 2 unspecified atom stereocenters. The Bertz CT molecular complexity index is 3560. The smallest absolute Gasteiger partial charge is 0.456 e. The molecule has 424 valence electrons. The van der Waals surface area contributed by atoms with Gasteiger partial charge in [-0.2, -0.15) is 9.29 Å². The molecule has 3 amide bonds. The summed E-state index contributed by atoms with van der Waals surface area (Å²) in [6.45, 7) is 1.94. The van der Waals surface area contributed by atoms with Gasteiger partial charge in [0.25, 0.3) is 11.5 Å².